The van der Waals surface area contributed by atoms with Crippen LogP contribution in [0.15, 0.2) is 35.5 Å². The molecule has 0 radical (unpaired) electrons. The minimum absolute atomic E-state index is 0. The zero-order valence-corrected chi connectivity index (χ0v) is 18.1. The van der Waals surface area contributed by atoms with Crippen molar-refractivity contribution in [2.45, 2.75) is 33.2 Å². The summed E-state index contributed by atoms with van der Waals surface area (Å²) >= 11 is 7.79. The molecule has 1 aromatic carbocycles. The van der Waals surface area contributed by atoms with Gasteiger partial charge in [-0.1, -0.05) is 23.7 Å². The fraction of sp³-hybridized carbons (Fsp3) is 0.412. The summed E-state index contributed by atoms with van der Waals surface area (Å²) in [6.45, 7) is 7.77. The molecule has 24 heavy (non-hydrogen) atoms. The summed E-state index contributed by atoms with van der Waals surface area (Å²) in [4.78, 5) is 10.2. The number of aryl methyl sites for hydroxylation is 1. The lowest BCUT2D eigenvalue weighted by Crippen LogP contribution is -2.38. The van der Waals surface area contributed by atoms with Crippen LogP contribution in [0.3, 0.4) is 0 Å². The smallest absolute Gasteiger partial charge is 0.191 e. The Kier molecular flexibility index (Phi) is 9.61. The maximum Gasteiger partial charge on any atom is 0.191 e. The normalized spacial score (nSPS) is 12.4. The Morgan fingerprint density at radius 2 is 2.21 bits per heavy atom. The maximum atomic E-state index is 6.06. The van der Waals surface area contributed by atoms with Crippen LogP contribution >= 0.6 is 46.9 Å². The van der Waals surface area contributed by atoms with Crippen molar-refractivity contribution in [1.29, 1.82) is 0 Å². The molecule has 2 aromatic rings. The Labute approximate surface area is 170 Å². The third kappa shape index (κ3) is 6.94. The number of hydrogen-bond donors (Lipinski definition) is 2. The average Bonchev–Trinajstić information content (AvgIpc) is 2.93. The second-order valence-corrected chi connectivity index (χ2v) is 7.05. The molecule has 1 unspecified atom stereocenters. The number of aromatic nitrogens is 1. The van der Waals surface area contributed by atoms with E-state index in [1.807, 2.05) is 24.4 Å². The van der Waals surface area contributed by atoms with E-state index in [0.717, 1.165) is 34.5 Å². The molecule has 4 nitrogen and oxygen atoms in total. The van der Waals surface area contributed by atoms with Crippen LogP contribution in [-0.2, 0) is 6.42 Å². The fourth-order valence-corrected chi connectivity index (χ4v) is 3.14. The number of rotatable bonds is 6. The lowest BCUT2D eigenvalue weighted by Gasteiger charge is -2.18. The van der Waals surface area contributed by atoms with Crippen molar-refractivity contribution in [2.24, 2.45) is 4.99 Å². The molecule has 1 heterocycles. The van der Waals surface area contributed by atoms with Gasteiger partial charge in [0.25, 0.3) is 0 Å². The summed E-state index contributed by atoms with van der Waals surface area (Å²) in [5.74, 6) is 0.813. The van der Waals surface area contributed by atoms with Crippen molar-refractivity contribution < 1.29 is 0 Å². The van der Waals surface area contributed by atoms with Gasteiger partial charge in [-0.25, -0.2) is 4.98 Å². The molecule has 1 atom stereocenters. The molecule has 0 saturated heterocycles. The van der Waals surface area contributed by atoms with Gasteiger partial charge < -0.3 is 10.6 Å². The number of benzene rings is 1. The lowest BCUT2D eigenvalue weighted by molar-refractivity contribution is 0.686. The highest BCUT2D eigenvalue weighted by Crippen LogP contribution is 2.17. The van der Waals surface area contributed by atoms with Gasteiger partial charge in [0.1, 0.15) is 0 Å². The first kappa shape index (κ1) is 21.2. The van der Waals surface area contributed by atoms with E-state index >= 15 is 0 Å². The zero-order chi connectivity index (χ0) is 16.7. The molecule has 0 aliphatic rings. The largest absolute Gasteiger partial charge is 0.357 e. The molecule has 0 saturated carbocycles. The minimum atomic E-state index is 0. The summed E-state index contributed by atoms with van der Waals surface area (Å²) in [7, 11) is 0. The van der Waals surface area contributed by atoms with Crippen LogP contribution in [0.1, 0.15) is 35.3 Å². The zero-order valence-electron chi connectivity index (χ0n) is 14.2. The molecule has 0 aliphatic carbocycles. The van der Waals surface area contributed by atoms with Crippen LogP contribution in [0.4, 0.5) is 0 Å². The van der Waals surface area contributed by atoms with Crippen LogP contribution in [-0.4, -0.2) is 24.0 Å². The van der Waals surface area contributed by atoms with Gasteiger partial charge in [-0.2, -0.15) is 0 Å². The molecule has 132 valence electrons. The van der Waals surface area contributed by atoms with Crippen LogP contribution in [0.25, 0.3) is 0 Å². The molecule has 7 heteroatoms. The van der Waals surface area contributed by atoms with Crippen molar-refractivity contribution in [2.75, 3.05) is 13.1 Å². The van der Waals surface area contributed by atoms with Gasteiger partial charge in [-0.15, -0.1) is 35.3 Å². The summed E-state index contributed by atoms with van der Waals surface area (Å²) in [6, 6.07) is 8.01. The summed E-state index contributed by atoms with van der Waals surface area (Å²) in [5, 5.41) is 8.57. The maximum absolute atomic E-state index is 6.06. The molecule has 0 bridgehead atoms. The Morgan fingerprint density at radius 1 is 1.42 bits per heavy atom. The average molecular weight is 479 g/mol. The molecular formula is C17H24ClIN4S. The van der Waals surface area contributed by atoms with Crippen LogP contribution in [0.2, 0.25) is 5.02 Å². The van der Waals surface area contributed by atoms with Crippen LogP contribution < -0.4 is 10.6 Å². The predicted octanol–water partition coefficient (Wildman–Crippen LogP) is 4.58. The van der Waals surface area contributed by atoms with E-state index in [1.54, 1.807) is 11.3 Å². The standard InChI is InChI=1S/C17H23ClN4S.HI/c1-4-19-17(20-9-8-16-21-11-12(2)23-16)22-13(3)14-6-5-7-15(18)10-14;/h5-7,10-11,13H,4,8-9H2,1-3H3,(H2,19,20,22);1H. The van der Waals surface area contributed by atoms with Gasteiger partial charge >= 0.3 is 0 Å². The Hall–Kier alpha value is -0.860. The number of guanidine groups is 1. The van der Waals surface area contributed by atoms with E-state index in [0.29, 0.717) is 6.54 Å². The van der Waals surface area contributed by atoms with Gasteiger partial charge in [-0.05, 0) is 38.5 Å². The molecule has 1 aromatic heterocycles. The SMILES string of the molecule is CCNC(=NCCc1ncc(C)s1)NC(C)c1cccc(Cl)c1.I. The number of halogens is 2. The molecular weight excluding hydrogens is 455 g/mol. The van der Waals surface area contributed by atoms with Gasteiger partial charge in [0.2, 0.25) is 0 Å². The van der Waals surface area contributed by atoms with Gasteiger partial charge in [-0.3, -0.25) is 4.99 Å². The van der Waals surface area contributed by atoms with Gasteiger partial charge in [0, 0.05) is 35.6 Å². The summed E-state index contributed by atoms with van der Waals surface area (Å²) in [5.41, 5.74) is 1.14. The Morgan fingerprint density at radius 3 is 2.83 bits per heavy atom. The highest BCUT2D eigenvalue weighted by molar-refractivity contribution is 14.0. The summed E-state index contributed by atoms with van der Waals surface area (Å²) < 4.78 is 0. The Bertz CT molecular complexity index is 660. The van der Waals surface area contributed by atoms with E-state index in [-0.39, 0.29) is 30.0 Å². The summed E-state index contributed by atoms with van der Waals surface area (Å²) in [6.07, 6.45) is 2.77. The first-order chi connectivity index (χ1) is 11.1. The monoisotopic (exact) mass is 478 g/mol. The molecule has 0 amide bonds. The first-order valence-corrected chi connectivity index (χ1v) is 8.99. The van der Waals surface area contributed by atoms with Gasteiger partial charge in [0.15, 0.2) is 5.96 Å². The van der Waals surface area contributed by atoms with Crippen molar-refractivity contribution in [3.63, 3.8) is 0 Å². The minimum Gasteiger partial charge on any atom is -0.357 e. The second kappa shape index (κ2) is 10.9. The number of nitrogens with one attached hydrogen (secondary N) is 2. The molecule has 0 spiro atoms. The van der Waals surface area contributed by atoms with Crippen LogP contribution in [0, 0.1) is 6.92 Å². The highest BCUT2D eigenvalue weighted by atomic mass is 127. The third-order valence-electron chi connectivity index (χ3n) is 3.31. The predicted molar refractivity (Wildman–Crippen MR) is 115 cm³/mol. The number of hydrogen-bond acceptors (Lipinski definition) is 3. The second-order valence-electron chi connectivity index (χ2n) is 5.30. The number of aliphatic imine (C=N–C) groups is 1. The van der Waals surface area contributed by atoms with Gasteiger partial charge in [0.05, 0.1) is 11.0 Å². The van der Waals surface area contributed by atoms with Crippen LogP contribution in [0.5, 0.6) is 0 Å². The van der Waals surface area contributed by atoms with Crippen molar-refractivity contribution >= 4 is 52.9 Å². The molecule has 0 fully saturated rings. The van der Waals surface area contributed by atoms with Crippen molar-refractivity contribution in [1.82, 2.24) is 15.6 Å². The van der Waals surface area contributed by atoms with E-state index in [1.165, 1.54) is 4.88 Å². The van der Waals surface area contributed by atoms with E-state index < -0.39 is 0 Å². The number of nitrogens with zero attached hydrogens (tertiary/aromatic N) is 2. The topological polar surface area (TPSA) is 49.3 Å². The first-order valence-electron chi connectivity index (χ1n) is 7.80. The van der Waals surface area contributed by atoms with E-state index in [9.17, 15) is 0 Å². The molecule has 2 N–H and O–H groups in total. The Balaban J connectivity index is 0.00000288. The van der Waals surface area contributed by atoms with E-state index in [4.69, 9.17) is 11.6 Å². The van der Waals surface area contributed by atoms with Crippen molar-refractivity contribution in [3.8, 4) is 0 Å². The molecule has 2 rings (SSSR count). The highest BCUT2D eigenvalue weighted by Gasteiger charge is 2.08. The fourth-order valence-electron chi connectivity index (χ4n) is 2.16. The third-order valence-corrected chi connectivity index (χ3v) is 4.52. The van der Waals surface area contributed by atoms with E-state index in [2.05, 4.69) is 47.4 Å². The number of thiazole rings is 1. The lowest BCUT2D eigenvalue weighted by atomic mass is 10.1. The quantitative estimate of drug-likeness (QED) is 0.363. The van der Waals surface area contributed by atoms with Crippen molar-refractivity contribution in [3.05, 3.63) is 50.9 Å². The molecule has 0 aliphatic heterocycles.